The van der Waals surface area contributed by atoms with Gasteiger partial charge in [-0.25, -0.2) is 9.99 Å². The Bertz CT molecular complexity index is 650. The number of nitrogens with one attached hydrogen (secondary N) is 1. The summed E-state index contributed by atoms with van der Waals surface area (Å²) in [4.78, 5) is 8.71. The van der Waals surface area contributed by atoms with E-state index in [0.29, 0.717) is 16.9 Å². The third-order valence-corrected chi connectivity index (χ3v) is 5.88. The van der Waals surface area contributed by atoms with Crippen LogP contribution >= 0.6 is 11.6 Å². The average molecular weight is 378 g/mol. The van der Waals surface area contributed by atoms with Gasteiger partial charge < -0.3 is 5.32 Å². The largest absolute Gasteiger partial charge is 0.324 e. The highest BCUT2D eigenvalue weighted by atomic mass is 35.5. The lowest BCUT2D eigenvalue weighted by Crippen LogP contribution is -2.41. The first-order valence-electron chi connectivity index (χ1n) is 9.53. The molecule has 0 aliphatic heterocycles. The number of hydrogen-bond acceptors (Lipinski definition) is 5. The summed E-state index contributed by atoms with van der Waals surface area (Å²) in [6.07, 6.45) is 10.1. The van der Waals surface area contributed by atoms with Crippen LogP contribution in [-0.2, 0) is 0 Å². The van der Waals surface area contributed by atoms with Gasteiger partial charge in [-0.05, 0) is 57.9 Å². The molecule has 1 atom stereocenters. The van der Waals surface area contributed by atoms with Crippen LogP contribution in [0.4, 0.5) is 5.82 Å². The molecule has 1 fully saturated rings. The molecular weight excluding hydrogens is 346 g/mol. The quantitative estimate of drug-likeness (QED) is 0.471. The Morgan fingerprint density at radius 1 is 1.50 bits per heavy atom. The normalized spacial score (nSPS) is 17.2. The third kappa shape index (κ3) is 4.97. The SMILES string of the molecule is C=NN(/C(=C\C(C)C1CCCC1)Nc1cnc(C)c(Cl)n1)C(C)(C)CC. The molecule has 2 rings (SSSR count). The number of hydrazone groups is 1. The molecule has 1 saturated carbocycles. The first kappa shape index (κ1) is 20.7. The van der Waals surface area contributed by atoms with Gasteiger partial charge in [0.1, 0.15) is 5.82 Å². The summed E-state index contributed by atoms with van der Waals surface area (Å²) in [6.45, 7) is 14.4. The zero-order chi connectivity index (χ0) is 19.3. The molecule has 1 N–H and O–H groups in total. The first-order chi connectivity index (χ1) is 12.3. The van der Waals surface area contributed by atoms with E-state index in [9.17, 15) is 0 Å². The van der Waals surface area contributed by atoms with Crippen LogP contribution < -0.4 is 5.32 Å². The summed E-state index contributed by atoms with van der Waals surface area (Å²) in [6, 6.07) is 0. The molecule has 5 nitrogen and oxygen atoms in total. The molecule has 26 heavy (non-hydrogen) atoms. The van der Waals surface area contributed by atoms with Crippen molar-refractivity contribution < 1.29 is 0 Å². The van der Waals surface area contributed by atoms with Gasteiger partial charge in [0.2, 0.25) is 0 Å². The summed E-state index contributed by atoms with van der Waals surface area (Å²) in [5, 5.41) is 10.1. The molecule has 0 radical (unpaired) electrons. The summed E-state index contributed by atoms with van der Waals surface area (Å²) >= 11 is 6.15. The van der Waals surface area contributed by atoms with E-state index in [1.54, 1.807) is 6.20 Å². The minimum atomic E-state index is -0.169. The smallest absolute Gasteiger partial charge is 0.152 e. The Labute approximate surface area is 162 Å². The summed E-state index contributed by atoms with van der Waals surface area (Å²) in [5.74, 6) is 2.67. The number of aromatic nitrogens is 2. The fourth-order valence-electron chi connectivity index (χ4n) is 3.40. The molecule has 0 spiro atoms. The number of anilines is 1. The van der Waals surface area contributed by atoms with E-state index in [0.717, 1.165) is 23.9 Å². The van der Waals surface area contributed by atoms with Crippen molar-refractivity contribution in [1.29, 1.82) is 0 Å². The lowest BCUT2D eigenvalue weighted by Gasteiger charge is -2.37. The van der Waals surface area contributed by atoms with E-state index in [4.69, 9.17) is 11.6 Å². The molecule has 6 heteroatoms. The van der Waals surface area contributed by atoms with Gasteiger partial charge in [-0.15, -0.1) is 0 Å². The van der Waals surface area contributed by atoms with Crippen LogP contribution in [0.5, 0.6) is 0 Å². The van der Waals surface area contributed by atoms with E-state index >= 15 is 0 Å². The standard InChI is InChI=1S/C20H32ClN5/c1-7-20(4,5)26(22-6)18(12-14(2)16-10-8-9-11-16)24-17-13-23-15(3)19(21)25-17/h12-14,16H,6-11H2,1-5H3,(H,24,25)/b18-12-. The Balaban J connectivity index is 2.35. The van der Waals surface area contributed by atoms with Gasteiger partial charge in [-0.1, -0.05) is 38.3 Å². The number of aryl methyl sites for hydroxylation is 1. The number of halogens is 1. The first-order valence-corrected chi connectivity index (χ1v) is 9.91. The van der Waals surface area contributed by atoms with Gasteiger partial charge in [0.15, 0.2) is 11.0 Å². The van der Waals surface area contributed by atoms with E-state index in [-0.39, 0.29) is 5.54 Å². The molecule has 1 aliphatic rings. The molecular formula is C20H32ClN5. The highest BCUT2D eigenvalue weighted by Crippen LogP contribution is 2.34. The molecule has 144 valence electrons. The Hall–Kier alpha value is -1.62. The van der Waals surface area contributed by atoms with Gasteiger partial charge in [0.05, 0.1) is 17.4 Å². The van der Waals surface area contributed by atoms with Crippen LogP contribution in [0.15, 0.2) is 23.2 Å². The summed E-state index contributed by atoms with van der Waals surface area (Å²) in [5.41, 5.74) is 0.549. The highest BCUT2D eigenvalue weighted by molar-refractivity contribution is 6.30. The zero-order valence-corrected chi connectivity index (χ0v) is 17.5. The molecule has 1 heterocycles. The van der Waals surface area contributed by atoms with Crippen molar-refractivity contribution in [3.05, 3.63) is 28.9 Å². The van der Waals surface area contributed by atoms with Crippen molar-refractivity contribution in [2.75, 3.05) is 5.32 Å². The molecule has 0 aromatic carbocycles. The minimum absolute atomic E-state index is 0.169. The second kappa shape index (κ2) is 8.85. The summed E-state index contributed by atoms with van der Waals surface area (Å²) in [7, 11) is 0. The fourth-order valence-corrected chi connectivity index (χ4v) is 3.53. The molecule has 0 saturated heterocycles. The predicted molar refractivity (Wildman–Crippen MR) is 110 cm³/mol. The molecule has 0 amide bonds. The van der Waals surface area contributed by atoms with Crippen molar-refractivity contribution in [3.63, 3.8) is 0 Å². The number of hydrogen-bond donors (Lipinski definition) is 1. The third-order valence-electron chi connectivity index (χ3n) is 5.53. The van der Waals surface area contributed by atoms with Crippen molar-refractivity contribution in [3.8, 4) is 0 Å². The predicted octanol–water partition coefficient (Wildman–Crippen LogP) is 5.62. The van der Waals surface area contributed by atoms with Crippen molar-refractivity contribution in [2.45, 2.75) is 72.3 Å². The zero-order valence-electron chi connectivity index (χ0n) is 16.7. The van der Waals surface area contributed by atoms with Crippen LogP contribution in [0.3, 0.4) is 0 Å². The van der Waals surface area contributed by atoms with Gasteiger partial charge in [-0.3, -0.25) is 4.98 Å². The number of allylic oxidation sites excluding steroid dienone is 1. The van der Waals surface area contributed by atoms with E-state index in [1.165, 1.54) is 25.7 Å². The maximum atomic E-state index is 6.15. The topological polar surface area (TPSA) is 53.4 Å². The van der Waals surface area contributed by atoms with E-state index in [1.807, 2.05) is 11.9 Å². The fraction of sp³-hybridized carbons (Fsp3) is 0.650. The van der Waals surface area contributed by atoms with Crippen molar-refractivity contribution in [2.24, 2.45) is 16.9 Å². The van der Waals surface area contributed by atoms with E-state index in [2.05, 4.69) is 60.9 Å². The molecule has 1 aromatic heterocycles. The van der Waals surface area contributed by atoms with Crippen LogP contribution in [0, 0.1) is 18.8 Å². The lowest BCUT2D eigenvalue weighted by atomic mass is 9.92. The minimum Gasteiger partial charge on any atom is -0.324 e. The summed E-state index contributed by atoms with van der Waals surface area (Å²) < 4.78 is 0. The number of nitrogens with zero attached hydrogens (tertiary/aromatic N) is 4. The maximum Gasteiger partial charge on any atom is 0.152 e. The van der Waals surface area contributed by atoms with Crippen LogP contribution in [0.25, 0.3) is 0 Å². The highest BCUT2D eigenvalue weighted by Gasteiger charge is 2.28. The second-order valence-corrected chi connectivity index (χ2v) is 8.19. The van der Waals surface area contributed by atoms with Crippen molar-refractivity contribution >= 4 is 24.1 Å². The second-order valence-electron chi connectivity index (χ2n) is 7.83. The Morgan fingerprint density at radius 2 is 2.15 bits per heavy atom. The van der Waals surface area contributed by atoms with Gasteiger partial charge in [0, 0.05) is 6.72 Å². The van der Waals surface area contributed by atoms with Gasteiger partial charge in [-0.2, -0.15) is 5.10 Å². The van der Waals surface area contributed by atoms with Gasteiger partial charge >= 0.3 is 0 Å². The monoisotopic (exact) mass is 377 g/mol. The van der Waals surface area contributed by atoms with Crippen LogP contribution in [0.1, 0.15) is 65.5 Å². The van der Waals surface area contributed by atoms with Crippen LogP contribution in [0.2, 0.25) is 5.15 Å². The van der Waals surface area contributed by atoms with Crippen molar-refractivity contribution in [1.82, 2.24) is 15.0 Å². The van der Waals surface area contributed by atoms with Gasteiger partial charge in [0.25, 0.3) is 0 Å². The van der Waals surface area contributed by atoms with Crippen LogP contribution in [-0.4, -0.2) is 27.2 Å². The average Bonchev–Trinajstić information content (AvgIpc) is 3.13. The van der Waals surface area contributed by atoms with E-state index < -0.39 is 0 Å². The maximum absolute atomic E-state index is 6.15. The Morgan fingerprint density at radius 3 is 2.69 bits per heavy atom. The molecule has 1 unspecified atom stereocenters. The lowest BCUT2D eigenvalue weighted by molar-refractivity contribution is 0.168. The molecule has 1 aliphatic carbocycles. The molecule has 1 aromatic rings. The molecule has 0 bridgehead atoms. The number of rotatable bonds is 8. The Kier molecular flexibility index (Phi) is 7.04.